The molecule has 0 aliphatic carbocycles. The van der Waals surface area contributed by atoms with Crippen molar-refractivity contribution in [1.82, 2.24) is 0 Å². The fourth-order valence-corrected chi connectivity index (χ4v) is 2.07. The van der Waals surface area contributed by atoms with Gasteiger partial charge < -0.3 is 15.2 Å². The second kappa shape index (κ2) is 8.05. The Balaban J connectivity index is 2.88. The molecule has 0 bridgehead atoms. The second-order valence-corrected chi connectivity index (χ2v) is 5.06. The third-order valence-electron chi connectivity index (χ3n) is 3.30. The molecule has 3 heteroatoms. The Labute approximate surface area is 117 Å². The van der Waals surface area contributed by atoms with E-state index in [1.807, 2.05) is 18.2 Å². The molecule has 2 N–H and O–H groups in total. The number of hydrogen-bond donors (Lipinski definition) is 1. The number of nitrogens with two attached hydrogens (primary N) is 1. The fraction of sp³-hybridized carbons (Fsp3) is 0.625. The summed E-state index contributed by atoms with van der Waals surface area (Å²) in [6.45, 7) is 6.38. The molecule has 0 aromatic heterocycles. The van der Waals surface area contributed by atoms with Crippen molar-refractivity contribution in [2.24, 2.45) is 5.73 Å². The largest absolute Gasteiger partial charge is 0.497 e. The Morgan fingerprint density at radius 1 is 1.26 bits per heavy atom. The van der Waals surface area contributed by atoms with Crippen molar-refractivity contribution >= 4 is 0 Å². The minimum Gasteiger partial charge on any atom is -0.497 e. The highest BCUT2D eigenvalue weighted by atomic mass is 16.5. The van der Waals surface area contributed by atoms with Crippen molar-refractivity contribution in [3.63, 3.8) is 0 Å². The standard InChI is InChI=1S/C16H27NO2/c1-5-7-12(3)19-16-9-8-15(18-4)11-13(16)10-14(17)6-2/h8-9,11-12,14H,5-7,10,17H2,1-4H3. The molecule has 0 fully saturated rings. The molecule has 19 heavy (non-hydrogen) atoms. The van der Waals surface area contributed by atoms with Crippen LogP contribution in [0.1, 0.15) is 45.6 Å². The first-order valence-corrected chi connectivity index (χ1v) is 7.19. The number of ether oxygens (including phenoxy) is 2. The van der Waals surface area contributed by atoms with Crippen molar-refractivity contribution in [2.75, 3.05) is 7.11 Å². The Morgan fingerprint density at radius 2 is 2.00 bits per heavy atom. The number of benzene rings is 1. The summed E-state index contributed by atoms with van der Waals surface area (Å²) in [5, 5.41) is 0. The van der Waals surface area contributed by atoms with Crippen molar-refractivity contribution < 1.29 is 9.47 Å². The highest BCUT2D eigenvalue weighted by Crippen LogP contribution is 2.27. The van der Waals surface area contributed by atoms with Gasteiger partial charge in [-0.15, -0.1) is 0 Å². The lowest BCUT2D eigenvalue weighted by Gasteiger charge is -2.19. The quantitative estimate of drug-likeness (QED) is 0.782. The summed E-state index contributed by atoms with van der Waals surface area (Å²) in [6.07, 6.45) is 4.20. The van der Waals surface area contributed by atoms with E-state index in [1.54, 1.807) is 7.11 Å². The third kappa shape index (κ3) is 5.11. The van der Waals surface area contributed by atoms with Gasteiger partial charge in [-0.3, -0.25) is 0 Å². The van der Waals surface area contributed by atoms with E-state index in [0.29, 0.717) is 0 Å². The summed E-state index contributed by atoms with van der Waals surface area (Å²) in [5.74, 6) is 1.79. The lowest BCUT2D eigenvalue weighted by Crippen LogP contribution is -2.22. The first kappa shape index (κ1) is 15.8. The van der Waals surface area contributed by atoms with E-state index in [0.717, 1.165) is 42.7 Å². The normalized spacial score (nSPS) is 13.9. The Morgan fingerprint density at radius 3 is 2.58 bits per heavy atom. The lowest BCUT2D eigenvalue weighted by molar-refractivity contribution is 0.207. The van der Waals surface area contributed by atoms with Crippen molar-refractivity contribution in [2.45, 2.75) is 58.6 Å². The lowest BCUT2D eigenvalue weighted by atomic mass is 10.0. The zero-order chi connectivity index (χ0) is 14.3. The molecule has 108 valence electrons. The number of rotatable bonds is 8. The van der Waals surface area contributed by atoms with Gasteiger partial charge in [0.25, 0.3) is 0 Å². The molecule has 3 nitrogen and oxygen atoms in total. The van der Waals surface area contributed by atoms with Gasteiger partial charge >= 0.3 is 0 Å². The first-order valence-electron chi connectivity index (χ1n) is 7.19. The van der Waals surface area contributed by atoms with Crippen LogP contribution in [0, 0.1) is 0 Å². The third-order valence-corrected chi connectivity index (χ3v) is 3.30. The van der Waals surface area contributed by atoms with Gasteiger partial charge in [0.2, 0.25) is 0 Å². The molecule has 0 saturated carbocycles. The van der Waals surface area contributed by atoms with E-state index in [9.17, 15) is 0 Å². The molecule has 0 radical (unpaired) electrons. The van der Waals surface area contributed by atoms with E-state index in [-0.39, 0.29) is 12.1 Å². The maximum Gasteiger partial charge on any atom is 0.123 e. The van der Waals surface area contributed by atoms with Gasteiger partial charge in [-0.25, -0.2) is 0 Å². The predicted molar refractivity (Wildman–Crippen MR) is 80.0 cm³/mol. The number of hydrogen-bond acceptors (Lipinski definition) is 3. The van der Waals surface area contributed by atoms with Crippen LogP contribution in [0.5, 0.6) is 11.5 Å². The van der Waals surface area contributed by atoms with E-state index in [2.05, 4.69) is 20.8 Å². The van der Waals surface area contributed by atoms with E-state index in [1.165, 1.54) is 0 Å². The summed E-state index contributed by atoms with van der Waals surface area (Å²) in [5.41, 5.74) is 7.19. The van der Waals surface area contributed by atoms with Crippen LogP contribution in [-0.2, 0) is 6.42 Å². The molecule has 2 unspecified atom stereocenters. The van der Waals surface area contributed by atoms with Crippen LogP contribution < -0.4 is 15.2 Å². The van der Waals surface area contributed by atoms with Gasteiger partial charge in [0, 0.05) is 6.04 Å². The molecule has 0 spiro atoms. The van der Waals surface area contributed by atoms with Crippen LogP contribution in [-0.4, -0.2) is 19.3 Å². The van der Waals surface area contributed by atoms with Gasteiger partial charge in [0.05, 0.1) is 13.2 Å². The maximum atomic E-state index is 6.06. The second-order valence-electron chi connectivity index (χ2n) is 5.06. The van der Waals surface area contributed by atoms with Crippen LogP contribution in [0.25, 0.3) is 0 Å². The van der Waals surface area contributed by atoms with Gasteiger partial charge in [-0.1, -0.05) is 20.3 Å². The summed E-state index contributed by atoms with van der Waals surface area (Å²) >= 11 is 0. The van der Waals surface area contributed by atoms with Gasteiger partial charge in [0.15, 0.2) is 0 Å². The summed E-state index contributed by atoms with van der Waals surface area (Å²) in [7, 11) is 1.68. The average Bonchev–Trinajstić information content (AvgIpc) is 2.40. The molecule has 1 aromatic carbocycles. The molecule has 0 aliphatic heterocycles. The smallest absolute Gasteiger partial charge is 0.123 e. The molecule has 0 saturated heterocycles. The van der Waals surface area contributed by atoms with Crippen molar-refractivity contribution in [3.05, 3.63) is 23.8 Å². The van der Waals surface area contributed by atoms with Crippen LogP contribution in [0.4, 0.5) is 0 Å². The van der Waals surface area contributed by atoms with Gasteiger partial charge in [-0.05, 0) is 49.9 Å². The van der Waals surface area contributed by atoms with Gasteiger partial charge in [-0.2, -0.15) is 0 Å². The molecule has 1 aromatic rings. The van der Waals surface area contributed by atoms with Crippen LogP contribution in [0.2, 0.25) is 0 Å². The highest BCUT2D eigenvalue weighted by molar-refractivity contribution is 5.41. The Hall–Kier alpha value is -1.22. The summed E-state index contributed by atoms with van der Waals surface area (Å²) < 4.78 is 11.3. The SMILES string of the molecule is CCCC(C)Oc1ccc(OC)cc1CC(N)CC. The minimum atomic E-state index is 0.163. The van der Waals surface area contributed by atoms with Gasteiger partial charge in [0.1, 0.15) is 11.5 Å². The zero-order valence-corrected chi connectivity index (χ0v) is 12.6. The molecule has 2 atom stereocenters. The molecule has 1 rings (SSSR count). The molecular weight excluding hydrogens is 238 g/mol. The Kier molecular flexibility index (Phi) is 6.71. The van der Waals surface area contributed by atoms with Crippen molar-refractivity contribution in [1.29, 1.82) is 0 Å². The zero-order valence-electron chi connectivity index (χ0n) is 12.6. The Bertz CT molecular complexity index is 379. The van der Waals surface area contributed by atoms with E-state index < -0.39 is 0 Å². The van der Waals surface area contributed by atoms with Crippen LogP contribution >= 0.6 is 0 Å². The van der Waals surface area contributed by atoms with Crippen molar-refractivity contribution in [3.8, 4) is 11.5 Å². The average molecular weight is 265 g/mol. The first-order chi connectivity index (χ1) is 9.10. The minimum absolute atomic E-state index is 0.163. The summed E-state index contributed by atoms with van der Waals surface area (Å²) in [6, 6.07) is 6.12. The maximum absolute atomic E-state index is 6.06. The molecular formula is C16H27NO2. The summed E-state index contributed by atoms with van der Waals surface area (Å²) in [4.78, 5) is 0. The topological polar surface area (TPSA) is 44.5 Å². The van der Waals surface area contributed by atoms with E-state index in [4.69, 9.17) is 15.2 Å². The molecule has 0 amide bonds. The molecule has 0 aliphatic rings. The van der Waals surface area contributed by atoms with Crippen LogP contribution in [0.15, 0.2) is 18.2 Å². The predicted octanol–water partition coefficient (Wildman–Crippen LogP) is 3.54. The monoisotopic (exact) mass is 265 g/mol. The van der Waals surface area contributed by atoms with Crippen LogP contribution in [0.3, 0.4) is 0 Å². The van der Waals surface area contributed by atoms with E-state index >= 15 is 0 Å². The molecule has 0 heterocycles. The fourth-order valence-electron chi connectivity index (χ4n) is 2.07. The number of methoxy groups -OCH3 is 1. The highest BCUT2D eigenvalue weighted by Gasteiger charge is 2.12.